The fourth-order valence-corrected chi connectivity index (χ4v) is 4.20. The topological polar surface area (TPSA) is 102 Å². The standard InChI is InChI=1S/C19H20N2O6S/c1-2-26-16-10-6-7-11-17(16)28(24,25)20-15(14-8-4-3-5-9-14)12-21-18(22)13-27-19(21)23/h3-11,15,20H,2,12-13H2,1H3. The third-order valence-corrected chi connectivity index (χ3v) is 5.65. The number of carbonyl (C=O) groups excluding carboxylic acids is 2. The van der Waals surface area contributed by atoms with Gasteiger partial charge >= 0.3 is 6.09 Å². The molecule has 0 saturated carbocycles. The number of benzene rings is 2. The third kappa shape index (κ3) is 4.32. The number of nitrogens with zero attached hydrogens (tertiary/aromatic N) is 1. The Morgan fingerprint density at radius 2 is 1.79 bits per heavy atom. The lowest BCUT2D eigenvalue weighted by atomic mass is 10.1. The van der Waals surface area contributed by atoms with Crippen LogP contribution in [0.25, 0.3) is 0 Å². The Bertz CT molecular complexity index is 945. The first-order valence-corrected chi connectivity index (χ1v) is 10.2. The van der Waals surface area contributed by atoms with Gasteiger partial charge in [-0.2, -0.15) is 0 Å². The van der Waals surface area contributed by atoms with E-state index in [0.29, 0.717) is 12.2 Å². The van der Waals surface area contributed by atoms with Gasteiger partial charge in [-0.3, -0.25) is 4.79 Å². The molecular formula is C19H20N2O6S. The summed E-state index contributed by atoms with van der Waals surface area (Å²) in [6.07, 6.45) is -0.792. The van der Waals surface area contributed by atoms with Gasteiger partial charge in [0.2, 0.25) is 10.0 Å². The number of para-hydroxylation sites is 1. The molecule has 1 aliphatic rings. The number of imide groups is 1. The number of rotatable bonds is 8. The van der Waals surface area contributed by atoms with Gasteiger partial charge in [-0.05, 0) is 24.6 Å². The Morgan fingerprint density at radius 3 is 2.43 bits per heavy atom. The zero-order valence-electron chi connectivity index (χ0n) is 15.2. The summed E-state index contributed by atoms with van der Waals surface area (Å²) < 4.78 is 38.8. The maximum absolute atomic E-state index is 13.0. The Morgan fingerprint density at radius 1 is 1.11 bits per heavy atom. The van der Waals surface area contributed by atoms with E-state index in [4.69, 9.17) is 9.47 Å². The highest BCUT2D eigenvalue weighted by Gasteiger charge is 2.35. The maximum Gasteiger partial charge on any atom is 0.417 e. The van der Waals surface area contributed by atoms with E-state index >= 15 is 0 Å². The van der Waals surface area contributed by atoms with Crippen LogP contribution in [0.4, 0.5) is 4.79 Å². The van der Waals surface area contributed by atoms with Gasteiger partial charge in [0.05, 0.1) is 19.2 Å². The molecule has 0 radical (unpaired) electrons. The van der Waals surface area contributed by atoms with Crippen LogP contribution in [0.3, 0.4) is 0 Å². The van der Waals surface area contributed by atoms with E-state index in [1.807, 2.05) is 0 Å². The molecule has 148 valence electrons. The highest BCUT2D eigenvalue weighted by atomic mass is 32.2. The van der Waals surface area contributed by atoms with Crippen molar-refractivity contribution in [3.8, 4) is 5.75 Å². The first kappa shape index (κ1) is 19.8. The van der Waals surface area contributed by atoms with E-state index in [-0.39, 0.29) is 23.8 Å². The first-order valence-electron chi connectivity index (χ1n) is 8.68. The molecule has 1 heterocycles. The zero-order chi connectivity index (χ0) is 20.1. The molecule has 1 N–H and O–H groups in total. The van der Waals surface area contributed by atoms with Crippen LogP contribution < -0.4 is 9.46 Å². The van der Waals surface area contributed by atoms with Crippen LogP contribution in [0.2, 0.25) is 0 Å². The Balaban J connectivity index is 1.93. The quantitative estimate of drug-likeness (QED) is 0.723. The molecule has 8 nitrogen and oxygen atoms in total. The summed E-state index contributed by atoms with van der Waals surface area (Å²) in [6.45, 7) is 1.54. The lowest BCUT2D eigenvalue weighted by Crippen LogP contribution is -2.40. The predicted octanol–water partition coefficient (Wildman–Crippen LogP) is 2.08. The molecule has 2 amide bonds. The van der Waals surface area contributed by atoms with Gasteiger partial charge in [0.15, 0.2) is 6.61 Å². The lowest BCUT2D eigenvalue weighted by Gasteiger charge is -2.23. The van der Waals surface area contributed by atoms with E-state index in [1.54, 1.807) is 55.5 Å². The summed E-state index contributed by atoms with van der Waals surface area (Å²) in [5, 5.41) is 0. The molecule has 2 aromatic carbocycles. The number of cyclic esters (lactones) is 1. The minimum atomic E-state index is -4.00. The monoisotopic (exact) mass is 404 g/mol. The van der Waals surface area contributed by atoms with E-state index in [1.165, 1.54) is 6.07 Å². The molecule has 1 fully saturated rings. The minimum absolute atomic E-state index is 0.0203. The van der Waals surface area contributed by atoms with Crippen LogP contribution in [0, 0.1) is 0 Å². The first-order chi connectivity index (χ1) is 13.4. The van der Waals surface area contributed by atoms with Crippen molar-refractivity contribution in [2.45, 2.75) is 17.9 Å². The van der Waals surface area contributed by atoms with Crippen molar-refractivity contribution >= 4 is 22.0 Å². The number of amides is 2. The van der Waals surface area contributed by atoms with Crippen LogP contribution in [-0.4, -0.2) is 45.1 Å². The number of nitrogens with one attached hydrogen (secondary N) is 1. The van der Waals surface area contributed by atoms with E-state index < -0.39 is 28.1 Å². The van der Waals surface area contributed by atoms with Gasteiger partial charge in [-0.25, -0.2) is 22.8 Å². The van der Waals surface area contributed by atoms with Crippen molar-refractivity contribution in [1.82, 2.24) is 9.62 Å². The average molecular weight is 404 g/mol. The normalized spacial score (nSPS) is 15.4. The SMILES string of the molecule is CCOc1ccccc1S(=O)(=O)NC(CN1C(=O)COC1=O)c1ccccc1. The summed E-state index contributed by atoms with van der Waals surface area (Å²) in [4.78, 5) is 24.6. The number of hydrogen-bond acceptors (Lipinski definition) is 6. The molecule has 1 atom stereocenters. The van der Waals surface area contributed by atoms with Crippen molar-refractivity contribution in [1.29, 1.82) is 0 Å². The molecule has 0 aromatic heterocycles. The Kier molecular flexibility index (Phi) is 5.96. The molecule has 0 bridgehead atoms. The number of sulfonamides is 1. The smallest absolute Gasteiger partial charge is 0.417 e. The minimum Gasteiger partial charge on any atom is -0.492 e. The lowest BCUT2D eigenvalue weighted by molar-refractivity contribution is -0.126. The van der Waals surface area contributed by atoms with E-state index in [0.717, 1.165) is 4.90 Å². The molecule has 9 heteroatoms. The highest BCUT2D eigenvalue weighted by Crippen LogP contribution is 2.26. The Hall–Kier alpha value is -2.91. The highest BCUT2D eigenvalue weighted by molar-refractivity contribution is 7.89. The average Bonchev–Trinajstić information content (AvgIpc) is 3.00. The van der Waals surface area contributed by atoms with Crippen LogP contribution in [0.15, 0.2) is 59.5 Å². The predicted molar refractivity (Wildman–Crippen MR) is 100 cm³/mol. The molecule has 2 aromatic rings. The van der Waals surface area contributed by atoms with Crippen LogP contribution in [-0.2, 0) is 19.6 Å². The number of hydrogen-bond donors (Lipinski definition) is 1. The van der Waals surface area contributed by atoms with Gasteiger partial charge in [-0.15, -0.1) is 0 Å². The summed E-state index contributed by atoms with van der Waals surface area (Å²) in [6, 6.07) is 14.1. The second kappa shape index (κ2) is 8.41. The molecule has 0 spiro atoms. The second-order valence-corrected chi connectivity index (χ2v) is 7.71. The van der Waals surface area contributed by atoms with Gasteiger partial charge in [0.1, 0.15) is 10.6 Å². The zero-order valence-corrected chi connectivity index (χ0v) is 16.0. The van der Waals surface area contributed by atoms with Crippen molar-refractivity contribution in [2.24, 2.45) is 0 Å². The summed E-state index contributed by atoms with van der Waals surface area (Å²) >= 11 is 0. The number of carbonyl (C=O) groups is 2. The van der Waals surface area contributed by atoms with Crippen molar-refractivity contribution in [3.63, 3.8) is 0 Å². The fraction of sp³-hybridized carbons (Fsp3) is 0.263. The van der Waals surface area contributed by atoms with E-state index in [9.17, 15) is 18.0 Å². The van der Waals surface area contributed by atoms with Crippen LogP contribution >= 0.6 is 0 Å². The molecule has 1 aliphatic heterocycles. The molecule has 1 unspecified atom stereocenters. The van der Waals surface area contributed by atoms with Gasteiger partial charge in [0.25, 0.3) is 5.91 Å². The molecule has 0 aliphatic carbocycles. The maximum atomic E-state index is 13.0. The summed E-state index contributed by atoms with van der Waals surface area (Å²) in [7, 11) is -4.00. The molecular weight excluding hydrogens is 384 g/mol. The van der Waals surface area contributed by atoms with Crippen molar-refractivity contribution < 1.29 is 27.5 Å². The van der Waals surface area contributed by atoms with Gasteiger partial charge in [-0.1, -0.05) is 42.5 Å². The largest absolute Gasteiger partial charge is 0.492 e. The molecule has 1 saturated heterocycles. The van der Waals surface area contributed by atoms with Crippen molar-refractivity contribution in [2.75, 3.05) is 19.8 Å². The summed E-state index contributed by atoms with van der Waals surface area (Å²) in [5.41, 5.74) is 0.604. The third-order valence-electron chi connectivity index (χ3n) is 4.14. The Labute approximate surface area is 163 Å². The van der Waals surface area contributed by atoms with Crippen LogP contribution in [0.5, 0.6) is 5.75 Å². The van der Waals surface area contributed by atoms with Crippen molar-refractivity contribution in [3.05, 3.63) is 60.2 Å². The summed E-state index contributed by atoms with van der Waals surface area (Å²) in [5.74, 6) is -0.291. The fourth-order valence-electron chi connectivity index (χ4n) is 2.83. The van der Waals surface area contributed by atoms with Gasteiger partial charge in [0, 0.05) is 0 Å². The van der Waals surface area contributed by atoms with Gasteiger partial charge < -0.3 is 9.47 Å². The number of ether oxygens (including phenoxy) is 2. The molecule has 3 rings (SSSR count). The van der Waals surface area contributed by atoms with E-state index in [2.05, 4.69) is 4.72 Å². The second-order valence-electron chi connectivity index (χ2n) is 6.02. The van der Waals surface area contributed by atoms with Crippen LogP contribution in [0.1, 0.15) is 18.5 Å². The molecule has 28 heavy (non-hydrogen) atoms.